The van der Waals surface area contributed by atoms with Crippen molar-refractivity contribution in [2.24, 2.45) is 0 Å². The number of anilines is 2. The number of aromatic nitrogens is 3. The van der Waals surface area contributed by atoms with Gasteiger partial charge in [0, 0.05) is 24.3 Å². The van der Waals surface area contributed by atoms with E-state index in [0.717, 1.165) is 39.6 Å². The number of fused-ring (bicyclic) bond motifs is 1. The molecule has 1 aliphatic rings. The molecule has 0 bridgehead atoms. The van der Waals surface area contributed by atoms with Crippen LogP contribution in [0.1, 0.15) is 35.4 Å². The molecule has 1 saturated heterocycles. The number of carbonyl (C=O) groups is 1. The highest BCUT2D eigenvalue weighted by Gasteiger charge is 2.17. The molecule has 32 heavy (non-hydrogen) atoms. The Morgan fingerprint density at radius 1 is 1.22 bits per heavy atom. The van der Waals surface area contributed by atoms with E-state index < -0.39 is 0 Å². The summed E-state index contributed by atoms with van der Waals surface area (Å²) in [5.41, 5.74) is 2.44. The van der Waals surface area contributed by atoms with E-state index in [1.54, 1.807) is 6.20 Å². The van der Waals surface area contributed by atoms with E-state index in [0.29, 0.717) is 17.3 Å². The molecule has 1 aromatic carbocycles. The van der Waals surface area contributed by atoms with Gasteiger partial charge in [0.1, 0.15) is 5.76 Å². The molecule has 0 radical (unpaired) electrons. The van der Waals surface area contributed by atoms with Gasteiger partial charge in [-0.05, 0) is 63.2 Å². The van der Waals surface area contributed by atoms with E-state index in [1.165, 1.54) is 43.7 Å². The molecule has 1 fully saturated rings. The molecule has 5 rings (SSSR count). The summed E-state index contributed by atoms with van der Waals surface area (Å²) in [5, 5.41) is 13.6. The van der Waals surface area contributed by atoms with Crippen molar-refractivity contribution < 1.29 is 9.21 Å². The molecule has 0 unspecified atom stereocenters. The van der Waals surface area contributed by atoms with Gasteiger partial charge in [0.2, 0.25) is 5.89 Å². The van der Waals surface area contributed by atoms with Crippen LogP contribution in [0.15, 0.2) is 40.9 Å². The van der Waals surface area contributed by atoms with Gasteiger partial charge in [0.15, 0.2) is 5.82 Å². The number of nitrogens with zero attached hydrogens (tertiary/aromatic N) is 3. The van der Waals surface area contributed by atoms with Crippen molar-refractivity contribution in [1.29, 1.82) is 0 Å². The van der Waals surface area contributed by atoms with E-state index in [1.807, 2.05) is 37.3 Å². The number of piperidine rings is 1. The zero-order valence-electron chi connectivity index (χ0n) is 18.0. The van der Waals surface area contributed by atoms with E-state index in [9.17, 15) is 4.79 Å². The van der Waals surface area contributed by atoms with Gasteiger partial charge < -0.3 is 20.0 Å². The number of aromatic amines is 1. The van der Waals surface area contributed by atoms with Crippen LogP contribution in [0.25, 0.3) is 21.0 Å². The average Bonchev–Trinajstić information content (AvgIpc) is 3.52. The molecule has 8 nitrogen and oxygen atoms in total. The van der Waals surface area contributed by atoms with Crippen LogP contribution in [0.3, 0.4) is 0 Å². The highest BCUT2D eigenvalue weighted by molar-refractivity contribution is 7.22. The van der Waals surface area contributed by atoms with Gasteiger partial charge in [-0.25, -0.2) is 4.98 Å². The van der Waals surface area contributed by atoms with Crippen molar-refractivity contribution in [3.8, 4) is 10.8 Å². The lowest BCUT2D eigenvalue weighted by molar-refractivity contribution is 0.102. The van der Waals surface area contributed by atoms with Crippen LogP contribution in [0, 0.1) is 6.92 Å². The van der Waals surface area contributed by atoms with Crippen LogP contribution >= 0.6 is 11.3 Å². The summed E-state index contributed by atoms with van der Waals surface area (Å²) in [6, 6.07) is 9.48. The Morgan fingerprint density at radius 3 is 2.78 bits per heavy atom. The second-order valence-corrected chi connectivity index (χ2v) is 9.11. The lowest BCUT2D eigenvalue weighted by Crippen LogP contribution is -2.33. The van der Waals surface area contributed by atoms with Crippen LogP contribution in [0.2, 0.25) is 0 Å². The maximum atomic E-state index is 12.7. The molecule has 3 N–H and O–H groups in total. The van der Waals surface area contributed by atoms with Gasteiger partial charge in [-0.1, -0.05) is 6.42 Å². The third kappa shape index (κ3) is 4.53. The molecule has 3 aromatic heterocycles. The molecule has 0 aliphatic carbocycles. The Balaban J connectivity index is 1.20. The molecule has 0 saturated carbocycles. The molecule has 0 spiro atoms. The van der Waals surface area contributed by atoms with Gasteiger partial charge in [-0.3, -0.25) is 9.89 Å². The van der Waals surface area contributed by atoms with Crippen LogP contribution in [0.4, 0.5) is 11.5 Å². The Morgan fingerprint density at radius 2 is 2.03 bits per heavy atom. The van der Waals surface area contributed by atoms with Crippen molar-refractivity contribution in [1.82, 2.24) is 20.1 Å². The summed E-state index contributed by atoms with van der Waals surface area (Å²) >= 11 is 1.48. The minimum Gasteiger partial charge on any atom is -0.441 e. The van der Waals surface area contributed by atoms with Crippen molar-refractivity contribution in [2.75, 3.05) is 36.8 Å². The number of thiophene rings is 1. The van der Waals surface area contributed by atoms with Crippen LogP contribution in [-0.4, -0.2) is 52.2 Å². The minimum absolute atomic E-state index is 0.194. The number of hydrogen-bond acceptors (Lipinski definition) is 7. The molecular formula is C23H26N6O2S. The SMILES string of the molecule is Cc1cnc(-c2cc3[nH]nc(NC(=O)c4ccc(NCCN5CCCCC5)cc4)c3s2)o1. The Kier molecular flexibility index (Phi) is 5.91. The topological polar surface area (TPSA) is 99.1 Å². The zero-order valence-corrected chi connectivity index (χ0v) is 18.8. The molecule has 9 heteroatoms. The normalized spacial score (nSPS) is 14.7. The van der Waals surface area contributed by atoms with E-state index in [4.69, 9.17) is 4.42 Å². The fraction of sp³-hybridized carbons (Fsp3) is 0.348. The zero-order chi connectivity index (χ0) is 21.9. The lowest BCUT2D eigenvalue weighted by atomic mass is 10.1. The largest absolute Gasteiger partial charge is 0.441 e. The first-order valence-electron chi connectivity index (χ1n) is 10.9. The number of likely N-dealkylation sites (tertiary alicyclic amines) is 1. The first-order chi connectivity index (χ1) is 15.7. The summed E-state index contributed by atoms with van der Waals surface area (Å²) in [6.45, 7) is 6.21. The van der Waals surface area contributed by atoms with E-state index in [-0.39, 0.29) is 5.91 Å². The van der Waals surface area contributed by atoms with Gasteiger partial charge in [-0.15, -0.1) is 11.3 Å². The number of amides is 1. The molecule has 4 heterocycles. The molecule has 166 valence electrons. The standard InChI is InChI=1S/C23H26N6O2S/c1-15-14-25-23(31-15)19-13-18-20(32-19)21(28-27-18)26-22(30)16-5-7-17(8-6-16)24-9-12-29-10-3-2-4-11-29/h5-8,13-14,24H,2-4,9-12H2,1H3,(H2,26,27,28,30). The van der Waals surface area contributed by atoms with Gasteiger partial charge in [0.05, 0.1) is 21.3 Å². The number of carbonyl (C=O) groups excluding carboxylic acids is 1. The van der Waals surface area contributed by atoms with Crippen molar-refractivity contribution in [2.45, 2.75) is 26.2 Å². The quantitative estimate of drug-likeness (QED) is 0.376. The maximum Gasteiger partial charge on any atom is 0.256 e. The van der Waals surface area contributed by atoms with Crippen LogP contribution in [0.5, 0.6) is 0 Å². The molecule has 1 aliphatic heterocycles. The fourth-order valence-electron chi connectivity index (χ4n) is 3.94. The Labute approximate surface area is 190 Å². The second-order valence-electron chi connectivity index (χ2n) is 8.06. The van der Waals surface area contributed by atoms with Crippen molar-refractivity contribution in [3.63, 3.8) is 0 Å². The Bertz CT molecular complexity index is 1200. The Hall–Kier alpha value is -3.17. The van der Waals surface area contributed by atoms with Gasteiger partial charge >= 0.3 is 0 Å². The van der Waals surface area contributed by atoms with E-state index in [2.05, 4.69) is 30.7 Å². The summed E-state index contributed by atoms with van der Waals surface area (Å²) in [7, 11) is 0. The summed E-state index contributed by atoms with van der Waals surface area (Å²) in [4.78, 5) is 20.4. The molecular weight excluding hydrogens is 424 g/mol. The smallest absolute Gasteiger partial charge is 0.256 e. The number of nitrogens with one attached hydrogen (secondary N) is 3. The monoisotopic (exact) mass is 450 g/mol. The highest BCUT2D eigenvalue weighted by Crippen LogP contribution is 2.36. The van der Waals surface area contributed by atoms with Crippen molar-refractivity contribution in [3.05, 3.63) is 47.9 Å². The van der Waals surface area contributed by atoms with E-state index >= 15 is 0 Å². The second kappa shape index (κ2) is 9.13. The predicted octanol–water partition coefficient (Wildman–Crippen LogP) is 4.74. The number of benzene rings is 1. The summed E-state index contributed by atoms with van der Waals surface area (Å²) in [6.07, 6.45) is 5.65. The average molecular weight is 451 g/mol. The van der Waals surface area contributed by atoms with Crippen LogP contribution < -0.4 is 10.6 Å². The third-order valence-electron chi connectivity index (χ3n) is 5.65. The number of aryl methyl sites for hydroxylation is 1. The first kappa shape index (κ1) is 20.7. The number of oxazole rings is 1. The number of rotatable bonds is 7. The molecule has 1 amide bonds. The number of hydrogen-bond donors (Lipinski definition) is 3. The fourth-order valence-corrected chi connectivity index (χ4v) is 4.92. The summed E-state index contributed by atoms with van der Waals surface area (Å²) < 4.78 is 6.46. The first-order valence-corrected chi connectivity index (χ1v) is 11.8. The van der Waals surface area contributed by atoms with Crippen LogP contribution in [-0.2, 0) is 0 Å². The lowest BCUT2D eigenvalue weighted by Gasteiger charge is -2.26. The number of H-pyrrole nitrogens is 1. The predicted molar refractivity (Wildman–Crippen MR) is 127 cm³/mol. The third-order valence-corrected chi connectivity index (χ3v) is 6.78. The van der Waals surface area contributed by atoms with Gasteiger partial charge in [-0.2, -0.15) is 5.10 Å². The highest BCUT2D eigenvalue weighted by atomic mass is 32.1. The molecule has 4 aromatic rings. The summed E-state index contributed by atoms with van der Waals surface area (Å²) in [5.74, 6) is 1.64. The maximum absolute atomic E-state index is 12.7. The van der Waals surface area contributed by atoms with Gasteiger partial charge in [0.25, 0.3) is 5.91 Å². The van der Waals surface area contributed by atoms with Crippen molar-refractivity contribution >= 4 is 39.0 Å². The minimum atomic E-state index is -0.194. The molecule has 0 atom stereocenters.